The number of rotatable bonds is 36. The van der Waals surface area contributed by atoms with E-state index in [1.807, 2.05) is 0 Å². The number of ether oxygens (including phenoxy) is 2. The van der Waals surface area contributed by atoms with E-state index in [2.05, 4.69) is 38.2 Å². The summed E-state index contributed by atoms with van der Waals surface area (Å²) < 4.78 is 32.9. The molecule has 0 aromatic carbocycles. The van der Waals surface area contributed by atoms with Gasteiger partial charge >= 0.3 is 13.8 Å². The average molecular weight is 674 g/mol. The molecule has 9 heteroatoms. The van der Waals surface area contributed by atoms with E-state index in [1.165, 1.54) is 109 Å². The van der Waals surface area contributed by atoms with E-state index in [4.69, 9.17) is 24.3 Å². The van der Waals surface area contributed by atoms with Crippen molar-refractivity contribution in [3.05, 3.63) is 24.3 Å². The Labute approximate surface area is 283 Å². The van der Waals surface area contributed by atoms with Crippen molar-refractivity contribution in [1.29, 1.82) is 0 Å². The van der Waals surface area contributed by atoms with Crippen LogP contribution >= 0.6 is 7.82 Å². The first kappa shape index (κ1) is 45.0. The van der Waals surface area contributed by atoms with Gasteiger partial charge in [0, 0.05) is 19.6 Å². The average Bonchev–Trinajstić information content (AvgIpc) is 3.04. The third-order valence-electron chi connectivity index (χ3n) is 7.87. The minimum atomic E-state index is -4.25. The van der Waals surface area contributed by atoms with Crippen molar-refractivity contribution in [3.8, 4) is 0 Å². The number of allylic oxidation sites excluding steroid dienone is 4. The summed E-state index contributed by atoms with van der Waals surface area (Å²) in [5.41, 5.74) is 5.31. The third-order valence-corrected chi connectivity index (χ3v) is 8.86. The van der Waals surface area contributed by atoms with Gasteiger partial charge in [0.1, 0.15) is 6.10 Å². The van der Waals surface area contributed by atoms with Crippen LogP contribution in [0.1, 0.15) is 168 Å². The van der Waals surface area contributed by atoms with Gasteiger partial charge in [-0.3, -0.25) is 13.8 Å². The van der Waals surface area contributed by atoms with E-state index >= 15 is 0 Å². The van der Waals surface area contributed by atoms with E-state index in [1.54, 1.807) is 0 Å². The Balaban J connectivity index is 3.71. The summed E-state index contributed by atoms with van der Waals surface area (Å²) >= 11 is 0. The molecule has 0 radical (unpaired) electrons. The van der Waals surface area contributed by atoms with Crippen LogP contribution in [-0.2, 0) is 27.9 Å². The van der Waals surface area contributed by atoms with Gasteiger partial charge in [-0.05, 0) is 44.9 Å². The number of carbonyl (C=O) groups is 1. The zero-order valence-corrected chi connectivity index (χ0v) is 30.7. The topological polar surface area (TPSA) is 117 Å². The minimum absolute atomic E-state index is 0.0952. The van der Waals surface area contributed by atoms with Gasteiger partial charge < -0.3 is 20.1 Å². The van der Waals surface area contributed by atoms with Gasteiger partial charge in [-0.15, -0.1) is 0 Å². The summed E-state index contributed by atoms with van der Waals surface area (Å²) in [5.74, 6) is -0.355. The molecule has 0 bridgehead atoms. The minimum Gasteiger partial charge on any atom is -0.457 e. The Hall–Kier alpha value is -1.02. The van der Waals surface area contributed by atoms with E-state index in [0.717, 1.165) is 38.5 Å². The Morgan fingerprint density at radius 1 is 0.652 bits per heavy atom. The molecule has 0 aromatic rings. The van der Waals surface area contributed by atoms with Crippen LogP contribution < -0.4 is 5.73 Å². The predicted molar refractivity (Wildman–Crippen MR) is 192 cm³/mol. The van der Waals surface area contributed by atoms with Crippen LogP contribution in [0.4, 0.5) is 0 Å². The molecule has 0 aliphatic rings. The third kappa shape index (κ3) is 34.3. The van der Waals surface area contributed by atoms with E-state index < -0.39 is 13.9 Å². The largest absolute Gasteiger partial charge is 0.472 e. The second-order valence-electron chi connectivity index (χ2n) is 12.4. The number of esters is 1. The fourth-order valence-electron chi connectivity index (χ4n) is 5.08. The van der Waals surface area contributed by atoms with Crippen LogP contribution in [0.3, 0.4) is 0 Å². The highest BCUT2D eigenvalue weighted by atomic mass is 31.2. The molecule has 2 atom stereocenters. The number of carbonyl (C=O) groups excluding carboxylic acids is 1. The molecule has 2 unspecified atom stereocenters. The summed E-state index contributed by atoms with van der Waals surface area (Å²) in [6, 6.07) is 0. The molecule has 0 amide bonds. The SMILES string of the molecule is CCCCCCC/C=C\C/C=C\CCCCCCCCCCCCCCOCC(COP(=O)(O)OCCN)OC(=O)CCCCC. The maximum absolute atomic E-state index is 12.2. The summed E-state index contributed by atoms with van der Waals surface area (Å²) in [6.07, 6.45) is 37.1. The molecule has 272 valence electrons. The molecule has 8 nitrogen and oxygen atoms in total. The molecule has 46 heavy (non-hydrogen) atoms. The Morgan fingerprint density at radius 2 is 1.15 bits per heavy atom. The van der Waals surface area contributed by atoms with Gasteiger partial charge in [-0.2, -0.15) is 0 Å². The molecule has 0 aliphatic carbocycles. The lowest BCUT2D eigenvalue weighted by Gasteiger charge is -2.20. The van der Waals surface area contributed by atoms with Crippen LogP contribution in [0.15, 0.2) is 24.3 Å². The van der Waals surface area contributed by atoms with Crippen LogP contribution in [0.25, 0.3) is 0 Å². The van der Waals surface area contributed by atoms with Crippen molar-refractivity contribution in [2.75, 3.05) is 33.0 Å². The molecule has 0 heterocycles. The zero-order chi connectivity index (χ0) is 33.8. The normalized spacial score (nSPS) is 13.9. The van der Waals surface area contributed by atoms with Crippen LogP contribution in [0.5, 0.6) is 0 Å². The maximum atomic E-state index is 12.2. The second kappa shape index (κ2) is 35.3. The van der Waals surface area contributed by atoms with E-state index in [0.29, 0.717) is 13.0 Å². The monoisotopic (exact) mass is 674 g/mol. The highest BCUT2D eigenvalue weighted by Crippen LogP contribution is 2.43. The molecule has 0 aromatic heterocycles. The van der Waals surface area contributed by atoms with Gasteiger partial charge in [0.25, 0.3) is 0 Å². The molecule has 0 rings (SSSR count). The quantitative estimate of drug-likeness (QED) is 0.0292. The van der Waals surface area contributed by atoms with Crippen molar-refractivity contribution < 1.29 is 32.8 Å². The Morgan fingerprint density at radius 3 is 1.70 bits per heavy atom. The standard InChI is InChI=1S/C37H72NO7P/c1-3-5-7-8-9-10-11-12-13-14-15-16-17-18-19-20-21-22-23-24-25-26-27-29-32-42-34-36(45-37(39)30-28-6-4-2)35-44-46(40,41)43-33-31-38/h11-12,14-15,36H,3-10,13,16-35,38H2,1-2H3,(H,40,41)/b12-11-,15-14-. The molecular weight excluding hydrogens is 601 g/mol. The summed E-state index contributed by atoms with van der Waals surface area (Å²) in [4.78, 5) is 21.9. The van der Waals surface area contributed by atoms with Crippen molar-refractivity contribution >= 4 is 13.8 Å². The Bertz CT molecular complexity index is 762. The number of nitrogens with two attached hydrogens (primary N) is 1. The van der Waals surface area contributed by atoms with Crippen molar-refractivity contribution in [1.82, 2.24) is 0 Å². The lowest BCUT2D eigenvalue weighted by atomic mass is 10.0. The lowest BCUT2D eigenvalue weighted by Crippen LogP contribution is -2.28. The first-order valence-electron chi connectivity index (χ1n) is 18.8. The number of hydrogen-bond donors (Lipinski definition) is 2. The second-order valence-corrected chi connectivity index (χ2v) is 13.9. The van der Waals surface area contributed by atoms with E-state index in [-0.39, 0.29) is 32.3 Å². The molecule has 0 saturated heterocycles. The molecule has 0 aliphatic heterocycles. The van der Waals surface area contributed by atoms with Crippen molar-refractivity contribution in [2.24, 2.45) is 5.73 Å². The van der Waals surface area contributed by atoms with Gasteiger partial charge in [0.05, 0.1) is 19.8 Å². The van der Waals surface area contributed by atoms with Gasteiger partial charge in [-0.25, -0.2) is 4.57 Å². The highest BCUT2D eigenvalue weighted by Gasteiger charge is 2.25. The van der Waals surface area contributed by atoms with Crippen LogP contribution in [0, 0.1) is 0 Å². The fraction of sp³-hybridized carbons (Fsp3) is 0.865. The predicted octanol–water partition coefficient (Wildman–Crippen LogP) is 10.5. The van der Waals surface area contributed by atoms with Gasteiger partial charge in [-0.1, -0.05) is 141 Å². The Kier molecular flexibility index (Phi) is 34.5. The number of unbranched alkanes of at least 4 members (excludes halogenated alkanes) is 19. The lowest BCUT2D eigenvalue weighted by molar-refractivity contribution is -0.154. The molecule has 0 spiro atoms. The molecular formula is C37H72NO7P. The van der Waals surface area contributed by atoms with E-state index in [9.17, 15) is 14.3 Å². The number of phosphoric acid groups is 1. The smallest absolute Gasteiger partial charge is 0.457 e. The zero-order valence-electron chi connectivity index (χ0n) is 29.8. The summed E-state index contributed by atoms with van der Waals surface area (Å²) in [5, 5.41) is 0. The molecule has 3 N–H and O–H groups in total. The van der Waals surface area contributed by atoms with Crippen molar-refractivity contribution in [3.63, 3.8) is 0 Å². The first-order valence-corrected chi connectivity index (χ1v) is 20.3. The van der Waals surface area contributed by atoms with Crippen LogP contribution in [-0.4, -0.2) is 49.9 Å². The van der Waals surface area contributed by atoms with Gasteiger partial charge in [0.15, 0.2) is 0 Å². The molecule has 0 fully saturated rings. The van der Waals surface area contributed by atoms with Crippen molar-refractivity contribution in [2.45, 2.75) is 174 Å². The van der Waals surface area contributed by atoms with Crippen LogP contribution in [0.2, 0.25) is 0 Å². The highest BCUT2D eigenvalue weighted by molar-refractivity contribution is 7.47. The number of phosphoric ester groups is 1. The van der Waals surface area contributed by atoms with Gasteiger partial charge in [0.2, 0.25) is 0 Å². The fourth-order valence-corrected chi connectivity index (χ4v) is 5.85. The molecule has 0 saturated carbocycles. The summed E-state index contributed by atoms with van der Waals surface area (Å²) in [6.45, 7) is 4.73. The summed E-state index contributed by atoms with van der Waals surface area (Å²) in [7, 11) is -4.25. The number of hydrogen-bond acceptors (Lipinski definition) is 7. The maximum Gasteiger partial charge on any atom is 0.472 e. The first-order chi connectivity index (χ1) is 22.4.